The molecule has 3 N–H and O–H groups in total. The first-order valence-electron chi connectivity index (χ1n) is 5.57. The molecule has 0 aliphatic rings. The van der Waals surface area contributed by atoms with Crippen molar-refractivity contribution in [2.75, 3.05) is 6.61 Å². The molecule has 0 spiro atoms. The van der Waals surface area contributed by atoms with Crippen molar-refractivity contribution in [1.82, 2.24) is 4.98 Å². The number of ether oxygens (including phenoxy) is 1. The van der Waals surface area contributed by atoms with E-state index in [1.54, 1.807) is 0 Å². The van der Waals surface area contributed by atoms with Gasteiger partial charge in [-0.3, -0.25) is 10.1 Å². The molecule has 0 aromatic carbocycles. The van der Waals surface area contributed by atoms with Gasteiger partial charge in [0.15, 0.2) is 11.5 Å². The summed E-state index contributed by atoms with van der Waals surface area (Å²) >= 11 is 0. The fraction of sp³-hybridized carbons (Fsp3) is 0.400. The van der Waals surface area contributed by atoms with Crippen LogP contribution >= 0.6 is 0 Å². The van der Waals surface area contributed by atoms with Gasteiger partial charge in [-0.1, -0.05) is 5.16 Å². The normalized spacial score (nSPS) is 12.2. The number of nitrogens with zero attached hydrogens (tertiary/aromatic N) is 3. The number of pyridine rings is 1. The minimum atomic E-state index is -4.29. The molecule has 0 fully saturated rings. The maximum absolute atomic E-state index is 11.9. The Bertz CT molecular complexity index is 548. The summed E-state index contributed by atoms with van der Waals surface area (Å²) < 4.78 is 40.7. The van der Waals surface area contributed by atoms with E-state index in [1.165, 1.54) is 0 Å². The second-order valence-electron chi connectivity index (χ2n) is 3.83. The van der Waals surface area contributed by atoms with Crippen molar-refractivity contribution in [2.24, 2.45) is 10.9 Å². The first-order chi connectivity index (χ1) is 9.74. The molecule has 1 aromatic heterocycles. The van der Waals surface area contributed by atoms with Crippen molar-refractivity contribution in [1.29, 1.82) is 0 Å². The topological polar surface area (TPSA) is 124 Å². The Morgan fingerprint density at radius 2 is 2.19 bits per heavy atom. The number of aromatic nitrogens is 1. The van der Waals surface area contributed by atoms with Crippen molar-refractivity contribution in [2.45, 2.75) is 19.0 Å². The third kappa shape index (κ3) is 5.12. The fourth-order valence-corrected chi connectivity index (χ4v) is 1.35. The van der Waals surface area contributed by atoms with E-state index in [0.29, 0.717) is 0 Å². The van der Waals surface area contributed by atoms with Crippen LogP contribution in [0, 0.1) is 10.1 Å². The van der Waals surface area contributed by atoms with Gasteiger partial charge in [-0.15, -0.1) is 0 Å². The third-order valence-electron chi connectivity index (χ3n) is 2.25. The molecule has 0 unspecified atom stereocenters. The Balaban J connectivity index is 2.79. The summed E-state index contributed by atoms with van der Waals surface area (Å²) in [6.07, 6.45) is -5.60. The number of hydrogen-bond acceptors (Lipinski definition) is 6. The third-order valence-corrected chi connectivity index (χ3v) is 2.25. The molecule has 11 heteroatoms. The van der Waals surface area contributed by atoms with E-state index in [1.807, 2.05) is 0 Å². The number of nitrogens with two attached hydrogens (primary N) is 1. The SMILES string of the molecule is N/C(=N/O)c1nc(OCCCC(F)(F)F)ccc1[N+](=O)[O-]. The largest absolute Gasteiger partial charge is 0.478 e. The second-order valence-corrected chi connectivity index (χ2v) is 3.83. The van der Waals surface area contributed by atoms with Gasteiger partial charge in [0.2, 0.25) is 5.88 Å². The van der Waals surface area contributed by atoms with Gasteiger partial charge < -0.3 is 15.7 Å². The first kappa shape index (κ1) is 16.5. The molecule has 116 valence electrons. The summed E-state index contributed by atoms with van der Waals surface area (Å²) in [5, 5.41) is 21.9. The van der Waals surface area contributed by atoms with Crippen LogP contribution in [0.3, 0.4) is 0 Å². The molecule has 0 aliphatic carbocycles. The Morgan fingerprint density at radius 1 is 1.52 bits per heavy atom. The van der Waals surface area contributed by atoms with E-state index in [0.717, 1.165) is 12.1 Å². The van der Waals surface area contributed by atoms with E-state index < -0.39 is 34.7 Å². The lowest BCUT2D eigenvalue weighted by atomic mass is 10.3. The van der Waals surface area contributed by atoms with Crippen LogP contribution in [-0.4, -0.2) is 33.7 Å². The first-order valence-corrected chi connectivity index (χ1v) is 5.57. The Kier molecular flexibility index (Phi) is 5.27. The van der Waals surface area contributed by atoms with Crippen LogP contribution in [0.5, 0.6) is 5.88 Å². The van der Waals surface area contributed by atoms with E-state index in [9.17, 15) is 23.3 Å². The van der Waals surface area contributed by atoms with Gasteiger partial charge in [0.05, 0.1) is 11.5 Å². The van der Waals surface area contributed by atoms with Gasteiger partial charge in [-0.25, -0.2) is 4.98 Å². The van der Waals surface area contributed by atoms with E-state index in [-0.39, 0.29) is 18.9 Å². The van der Waals surface area contributed by atoms with Crippen molar-refractivity contribution in [3.05, 3.63) is 27.9 Å². The van der Waals surface area contributed by atoms with Crippen LogP contribution < -0.4 is 10.5 Å². The van der Waals surface area contributed by atoms with Gasteiger partial charge >= 0.3 is 6.18 Å². The quantitative estimate of drug-likeness (QED) is 0.206. The summed E-state index contributed by atoms with van der Waals surface area (Å²) in [5.74, 6) is -0.771. The van der Waals surface area contributed by atoms with Crippen molar-refractivity contribution in [3.63, 3.8) is 0 Å². The summed E-state index contributed by atoms with van der Waals surface area (Å²) in [4.78, 5) is 13.6. The lowest BCUT2D eigenvalue weighted by Gasteiger charge is -2.08. The average Bonchev–Trinajstić information content (AvgIpc) is 2.41. The second kappa shape index (κ2) is 6.72. The number of nitro groups is 1. The molecule has 0 atom stereocenters. The zero-order valence-electron chi connectivity index (χ0n) is 10.5. The lowest BCUT2D eigenvalue weighted by Crippen LogP contribution is -2.18. The molecule has 0 amide bonds. The standard InChI is InChI=1S/C10H11F3N4O4/c11-10(12,13)4-1-5-21-7-3-2-6(17(19)20)8(15-7)9(14)16-18/h2-3,18H,1,4-5H2,(H2,14,16). The van der Waals surface area contributed by atoms with Crippen LogP contribution in [0.15, 0.2) is 17.3 Å². The molecular formula is C10H11F3N4O4. The highest BCUT2D eigenvalue weighted by Gasteiger charge is 2.26. The summed E-state index contributed by atoms with van der Waals surface area (Å²) in [7, 11) is 0. The van der Waals surface area contributed by atoms with Gasteiger partial charge in [-0.2, -0.15) is 13.2 Å². The molecule has 8 nitrogen and oxygen atoms in total. The molecule has 0 bridgehead atoms. The average molecular weight is 308 g/mol. The molecule has 0 saturated carbocycles. The number of rotatable bonds is 6. The fourth-order valence-electron chi connectivity index (χ4n) is 1.35. The van der Waals surface area contributed by atoms with Crippen molar-refractivity contribution >= 4 is 11.5 Å². The summed E-state index contributed by atoms with van der Waals surface area (Å²) in [6, 6.07) is 2.11. The van der Waals surface area contributed by atoms with Gasteiger partial charge in [-0.05, 0) is 6.42 Å². The zero-order valence-corrected chi connectivity index (χ0v) is 10.5. The van der Waals surface area contributed by atoms with Crippen LogP contribution in [0.4, 0.5) is 18.9 Å². The van der Waals surface area contributed by atoms with Crippen LogP contribution in [-0.2, 0) is 0 Å². The van der Waals surface area contributed by atoms with E-state index in [2.05, 4.69) is 10.1 Å². The number of alkyl halides is 3. The van der Waals surface area contributed by atoms with Gasteiger partial charge in [0, 0.05) is 18.6 Å². The maximum Gasteiger partial charge on any atom is 0.389 e. The summed E-state index contributed by atoms with van der Waals surface area (Å²) in [6.45, 7) is -0.278. The number of halogens is 3. The van der Waals surface area contributed by atoms with Gasteiger partial charge in [0.1, 0.15) is 0 Å². The lowest BCUT2D eigenvalue weighted by molar-refractivity contribution is -0.385. The Morgan fingerprint density at radius 3 is 2.71 bits per heavy atom. The summed E-state index contributed by atoms with van der Waals surface area (Å²) in [5.41, 5.74) is 4.29. The Labute approximate surface area is 116 Å². The van der Waals surface area contributed by atoms with E-state index >= 15 is 0 Å². The predicted octanol–water partition coefficient (Wildman–Crippen LogP) is 1.81. The zero-order chi connectivity index (χ0) is 16.0. The number of oxime groups is 1. The van der Waals surface area contributed by atoms with Crippen molar-refractivity contribution in [3.8, 4) is 5.88 Å². The molecule has 1 heterocycles. The minimum absolute atomic E-state index is 0.163. The molecule has 1 rings (SSSR count). The van der Waals surface area contributed by atoms with E-state index in [4.69, 9.17) is 15.7 Å². The van der Waals surface area contributed by atoms with Crippen molar-refractivity contribution < 1.29 is 28.0 Å². The highest BCUT2D eigenvalue weighted by molar-refractivity contribution is 5.98. The predicted molar refractivity (Wildman–Crippen MR) is 64.2 cm³/mol. The Hall–Kier alpha value is -2.59. The smallest absolute Gasteiger partial charge is 0.389 e. The molecule has 21 heavy (non-hydrogen) atoms. The number of amidine groups is 1. The molecule has 0 aliphatic heterocycles. The van der Waals surface area contributed by atoms with Crippen LogP contribution in [0.25, 0.3) is 0 Å². The monoisotopic (exact) mass is 308 g/mol. The highest BCUT2D eigenvalue weighted by Crippen LogP contribution is 2.23. The molecule has 1 aromatic rings. The maximum atomic E-state index is 11.9. The van der Waals surface area contributed by atoms with Crippen LogP contribution in [0.2, 0.25) is 0 Å². The van der Waals surface area contributed by atoms with Gasteiger partial charge in [0.25, 0.3) is 5.69 Å². The van der Waals surface area contributed by atoms with Crippen LogP contribution in [0.1, 0.15) is 18.5 Å². The molecule has 0 saturated heterocycles. The highest BCUT2D eigenvalue weighted by atomic mass is 19.4. The molecule has 0 radical (unpaired) electrons. The molecular weight excluding hydrogens is 297 g/mol. The number of hydrogen-bond donors (Lipinski definition) is 2. The minimum Gasteiger partial charge on any atom is -0.478 e.